The molecule has 2 atom stereocenters. The van der Waals surface area contributed by atoms with Crippen LogP contribution in [0.1, 0.15) is 12.8 Å². The second-order valence-electron chi connectivity index (χ2n) is 4.52. The molecular formula is C12H17N2O4PS. The van der Waals surface area contributed by atoms with E-state index in [1.54, 1.807) is 16.8 Å². The van der Waals surface area contributed by atoms with Crippen molar-refractivity contribution in [2.45, 2.75) is 23.8 Å². The number of nitrogens with one attached hydrogen (secondary N) is 1. The molecule has 1 aromatic carbocycles. The lowest BCUT2D eigenvalue weighted by Gasteiger charge is -2.18. The first-order chi connectivity index (χ1) is 9.45. The summed E-state index contributed by atoms with van der Waals surface area (Å²) < 4.78 is 33.4. The molecule has 0 aliphatic carbocycles. The molecule has 1 N–H and O–H groups in total. The van der Waals surface area contributed by atoms with Gasteiger partial charge in [-0.1, -0.05) is 21.5 Å². The van der Waals surface area contributed by atoms with E-state index in [0.717, 1.165) is 13.0 Å². The van der Waals surface area contributed by atoms with Crippen molar-refractivity contribution in [3.05, 3.63) is 24.3 Å². The number of hydrogen-bond donors (Lipinski definition) is 1. The smallest absolute Gasteiger partial charge is 0.267 e. The maximum absolute atomic E-state index is 12.2. The van der Waals surface area contributed by atoms with Gasteiger partial charge in [0, 0.05) is 6.54 Å². The van der Waals surface area contributed by atoms with E-state index in [-0.39, 0.29) is 10.6 Å². The van der Waals surface area contributed by atoms with E-state index < -0.39 is 22.0 Å². The third kappa shape index (κ3) is 3.11. The summed E-state index contributed by atoms with van der Waals surface area (Å²) in [6.45, 7) is 0.761. The summed E-state index contributed by atoms with van der Waals surface area (Å²) >= 11 is 0. The maximum Gasteiger partial charge on any atom is 0.267 e. The minimum Gasteiger partial charge on any atom is -0.495 e. The summed E-state index contributed by atoms with van der Waals surface area (Å²) in [4.78, 5) is 12.0. The molecule has 0 saturated carbocycles. The minimum absolute atomic E-state index is 0.0378. The SMILES string of the molecule is COc1ccccc1S(=O)(=O)NC(=O)[C@@H]1CCCN1P. The van der Waals surface area contributed by atoms with Crippen LogP contribution >= 0.6 is 9.39 Å². The summed E-state index contributed by atoms with van der Waals surface area (Å²) in [5, 5.41) is 0. The molecule has 1 amide bonds. The molecular weight excluding hydrogens is 299 g/mol. The molecule has 1 aliphatic heterocycles. The van der Waals surface area contributed by atoms with Crippen LogP contribution in [0.25, 0.3) is 0 Å². The number of amides is 1. The Morgan fingerprint density at radius 3 is 2.75 bits per heavy atom. The van der Waals surface area contributed by atoms with Gasteiger partial charge in [-0.2, -0.15) is 0 Å². The summed E-state index contributed by atoms with van der Waals surface area (Å²) in [6, 6.07) is 5.77. The molecule has 0 bridgehead atoms. The fraction of sp³-hybridized carbons (Fsp3) is 0.417. The lowest BCUT2D eigenvalue weighted by molar-refractivity contribution is -0.122. The quantitative estimate of drug-likeness (QED) is 0.830. The third-order valence-electron chi connectivity index (χ3n) is 3.19. The second-order valence-corrected chi connectivity index (χ2v) is 6.83. The Bertz CT molecular complexity index is 605. The third-order valence-corrected chi connectivity index (χ3v) is 5.19. The fourth-order valence-electron chi connectivity index (χ4n) is 2.17. The Morgan fingerprint density at radius 2 is 2.15 bits per heavy atom. The van der Waals surface area contributed by atoms with Gasteiger partial charge >= 0.3 is 0 Å². The summed E-state index contributed by atoms with van der Waals surface area (Å²) in [6.07, 6.45) is 1.52. The van der Waals surface area contributed by atoms with Crippen LogP contribution in [0.2, 0.25) is 0 Å². The normalized spacial score (nSPS) is 19.8. The highest BCUT2D eigenvalue weighted by molar-refractivity contribution is 7.90. The Labute approximate surface area is 120 Å². The molecule has 110 valence electrons. The number of methoxy groups -OCH3 is 1. The molecule has 1 heterocycles. The number of sulfonamides is 1. The van der Waals surface area contributed by atoms with Crippen molar-refractivity contribution >= 4 is 25.3 Å². The Morgan fingerprint density at radius 1 is 1.45 bits per heavy atom. The van der Waals surface area contributed by atoms with Crippen LogP contribution in [0.5, 0.6) is 5.75 Å². The molecule has 0 aromatic heterocycles. The van der Waals surface area contributed by atoms with Crippen molar-refractivity contribution in [3.63, 3.8) is 0 Å². The van der Waals surface area contributed by atoms with Crippen LogP contribution in [0.3, 0.4) is 0 Å². The molecule has 0 radical (unpaired) electrons. The van der Waals surface area contributed by atoms with E-state index in [1.165, 1.54) is 19.2 Å². The van der Waals surface area contributed by atoms with Gasteiger partial charge in [-0.25, -0.2) is 13.1 Å². The zero-order valence-electron chi connectivity index (χ0n) is 11.1. The van der Waals surface area contributed by atoms with Crippen molar-refractivity contribution in [1.82, 2.24) is 9.39 Å². The number of hydrogen-bond acceptors (Lipinski definition) is 5. The van der Waals surface area contributed by atoms with E-state index in [9.17, 15) is 13.2 Å². The van der Waals surface area contributed by atoms with Crippen LogP contribution in [0.15, 0.2) is 29.2 Å². The van der Waals surface area contributed by atoms with Crippen molar-refractivity contribution < 1.29 is 17.9 Å². The number of carbonyl (C=O) groups is 1. The van der Waals surface area contributed by atoms with Crippen LogP contribution in [0.4, 0.5) is 0 Å². The highest BCUT2D eigenvalue weighted by Gasteiger charge is 2.31. The van der Waals surface area contributed by atoms with Gasteiger partial charge in [-0.05, 0) is 25.0 Å². The lowest BCUT2D eigenvalue weighted by Crippen LogP contribution is -2.42. The van der Waals surface area contributed by atoms with E-state index >= 15 is 0 Å². The zero-order valence-corrected chi connectivity index (χ0v) is 13.0. The van der Waals surface area contributed by atoms with Crippen molar-refractivity contribution in [2.75, 3.05) is 13.7 Å². The number of benzene rings is 1. The Balaban J connectivity index is 2.21. The second kappa shape index (κ2) is 6.08. The van der Waals surface area contributed by atoms with E-state index in [0.29, 0.717) is 6.42 Å². The molecule has 1 aliphatic rings. The molecule has 8 heteroatoms. The molecule has 0 spiro atoms. The summed E-state index contributed by atoms with van der Waals surface area (Å²) in [5.41, 5.74) is 0. The molecule has 1 unspecified atom stereocenters. The number of ether oxygens (including phenoxy) is 1. The standard InChI is InChI=1S/C12H17N2O4PS/c1-18-10-6-2-3-7-11(10)20(16,17)13-12(15)9-5-4-8-14(9)19/h2-3,6-7,9H,4-5,8,19H2,1H3,(H,13,15)/t9-/m0/s1. The molecule has 1 saturated heterocycles. The minimum atomic E-state index is -3.92. The van der Waals surface area contributed by atoms with E-state index in [2.05, 4.69) is 14.1 Å². The van der Waals surface area contributed by atoms with Crippen LogP contribution in [0, 0.1) is 0 Å². The number of carbonyl (C=O) groups excluding carboxylic acids is 1. The highest BCUT2D eigenvalue weighted by Crippen LogP contribution is 2.24. The first kappa shape index (κ1) is 15.2. The fourth-order valence-corrected chi connectivity index (χ4v) is 3.82. The number of para-hydroxylation sites is 1. The van der Waals surface area contributed by atoms with E-state index in [4.69, 9.17) is 4.74 Å². The number of rotatable bonds is 4. The first-order valence-electron chi connectivity index (χ1n) is 6.16. The topological polar surface area (TPSA) is 75.7 Å². The average Bonchev–Trinajstić information content (AvgIpc) is 2.84. The van der Waals surface area contributed by atoms with Crippen LogP contribution < -0.4 is 9.46 Å². The van der Waals surface area contributed by atoms with Crippen molar-refractivity contribution in [3.8, 4) is 5.75 Å². The van der Waals surface area contributed by atoms with Gasteiger partial charge in [-0.15, -0.1) is 0 Å². The molecule has 2 rings (SSSR count). The van der Waals surface area contributed by atoms with Gasteiger partial charge in [0.05, 0.1) is 13.2 Å². The van der Waals surface area contributed by atoms with Crippen LogP contribution in [-0.2, 0) is 14.8 Å². The van der Waals surface area contributed by atoms with Gasteiger partial charge in [-0.3, -0.25) is 9.46 Å². The van der Waals surface area contributed by atoms with Crippen molar-refractivity contribution in [1.29, 1.82) is 0 Å². The Hall–Kier alpha value is -1.17. The van der Waals surface area contributed by atoms with Crippen LogP contribution in [-0.4, -0.2) is 38.7 Å². The van der Waals surface area contributed by atoms with Gasteiger partial charge in [0.2, 0.25) is 0 Å². The maximum atomic E-state index is 12.2. The first-order valence-corrected chi connectivity index (χ1v) is 8.16. The predicted molar refractivity (Wildman–Crippen MR) is 77.8 cm³/mol. The summed E-state index contributed by atoms with van der Waals surface area (Å²) in [5.74, 6) is -0.301. The van der Waals surface area contributed by atoms with Gasteiger partial charge < -0.3 is 4.74 Å². The molecule has 1 fully saturated rings. The summed E-state index contributed by atoms with van der Waals surface area (Å²) in [7, 11) is -0.0856. The highest BCUT2D eigenvalue weighted by atomic mass is 32.2. The predicted octanol–water partition coefficient (Wildman–Crippen LogP) is 0.755. The molecule has 6 nitrogen and oxygen atoms in total. The Kier molecular flexibility index (Phi) is 4.62. The van der Waals surface area contributed by atoms with Crippen molar-refractivity contribution in [2.24, 2.45) is 0 Å². The van der Waals surface area contributed by atoms with E-state index in [1.807, 2.05) is 0 Å². The van der Waals surface area contributed by atoms with Gasteiger partial charge in [0.1, 0.15) is 10.6 Å². The monoisotopic (exact) mass is 316 g/mol. The number of nitrogens with zero attached hydrogens (tertiary/aromatic N) is 1. The van der Waals surface area contributed by atoms with Gasteiger partial charge in [0.25, 0.3) is 15.9 Å². The molecule has 20 heavy (non-hydrogen) atoms. The average molecular weight is 316 g/mol. The van der Waals surface area contributed by atoms with Gasteiger partial charge in [0.15, 0.2) is 0 Å². The zero-order chi connectivity index (χ0) is 14.8. The molecule has 1 aromatic rings. The lowest BCUT2D eigenvalue weighted by atomic mass is 10.2. The largest absolute Gasteiger partial charge is 0.495 e.